The standard InChI is InChI=1S/C26H33ClFN7O4/c1-15(14-36)34(23(38)13-35-21-8-7-16(29)11-18(21)25(32-35)26(30)39)12-22(37)31-20(9-10-33(2)3)17-5-4-6-19(27)24(17)28/h4-8,11,15,20,36H,9-10,12-14,29H2,1-3H3,(H2,30,39)(H,31,37)/t15-,20-/m1/s1. The molecule has 3 aromatic rings. The Morgan fingerprint density at radius 1 is 1.23 bits per heavy atom. The number of rotatable bonds is 12. The number of carbonyl (C=O) groups is 3. The molecule has 39 heavy (non-hydrogen) atoms. The van der Waals surface area contributed by atoms with E-state index in [2.05, 4.69) is 10.4 Å². The number of aromatic nitrogens is 2. The Morgan fingerprint density at radius 3 is 2.59 bits per heavy atom. The quantitative estimate of drug-likeness (QED) is 0.244. The molecule has 3 amide bonds. The van der Waals surface area contributed by atoms with Crippen molar-refractivity contribution in [1.82, 2.24) is 24.9 Å². The smallest absolute Gasteiger partial charge is 0.269 e. The predicted molar refractivity (Wildman–Crippen MR) is 146 cm³/mol. The van der Waals surface area contributed by atoms with Gasteiger partial charge in [-0.15, -0.1) is 0 Å². The highest BCUT2D eigenvalue weighted by atomic mass is 35.5. The van der Waals surface area contributed by atoms with Crippen molar-refractivity contribution in [3.63, 3.8) is 0 Å². The number of aliphatic hydroxyl groups excluding tert-OH is 1. The number of hydrogen-bond acceptors (Lipinski definition) is 7. The molecule has 2 atom stereocenters. The fourth-order valence-electron chi connectivity index (χ4n) is 4.18. The van der Waals surface area contributed by atoms with Crippen molar-refractivity contribution in [2.45, 2.75) is 32.0 Å². The van der Waals surface area contributed by atoms with Crippen LogP contribution < -0.4 is 16.8 Å². The summed E-state index contributed by atoms with van der Waals surface area (Å²) < 4.78 is 16.1. The summed E-state index contributed by atoms with van der Waals surface area (Å²) in [5, 5.41) is 17.1. The van der Waals surface area contributed by atoms with Crippen LogP contribution in [0, 0.1) is 5.82 Å². The lowest BCUT2D eigenvalue weighted by Crippen LogP contribution is -2.48. The van der Waals surface area contributed by atoms with E-state index in [1.54, 1.807) is 31.2 Å². The molecule has 6 N–H and O–H groups in total. The number of nitrogen functional groups attached to an aromatic ring is 1. The molecule has 0 saturated heterocycles. The normalized spacial score (nSPS) is 12.9. The van der Waals surface area contributed by atoms with Crippen LogP contribution in [-0.4, -0.2) is 82.2 Å². The number of primary amides is 1. The molecule has 0 aliphatic carbocycles. The minimum absolute atomic E-state index is 0.0446. The zero-order chi connectivity index (χ0) is 28.9. The molecular weight excluding hydrogens is 529 g/mol. The molecule has 3 rings (SSSR count). The first kappa shape index (κ1) is 29.8. The van der Waals surface area contributed by atoms with Crippen molar-refractivity contribution < 1.29 is 23.9 Å². The van der Waals surface area contributed by atoms with E-state index in [0.29, 0.717) is 29.6 Å². The number of aliphatic hydroxyl groups is 1. The van der Waals surface area contributed by atoms with Crippen LogP contribution in [0.1, 0.15) is 35.4 Å². The second-order valence-corrected chi connectivity index (χ2v) is 9.96. The molecule has 2 aromatic carbocycles. The lowest BCUT2D eigenvalue weighted by molar-refractivity contribution is -0.139. The first-order valence-corrected chi connectivity index (χ1v) is 12.6. The number of nitrogens with zero attached hydrogens (tertiary/aromatic N) is 4. The van der Waals surface area contributed by atoms with E-state index in [4.69, 9.17) is 23.1 Å². The summed E-state index contributed by atoms with van der Waals surface area (Å²) in [5.74, 6) is -2.50. The summed E-state index contributed by atoms with van der Waals surface area (Å²) in [6, 6.07) is 7.88. The minimum Gasteiger partial charge on any atom is -0.399 e. The van der Waals surface area contributed by atoms with Gasteiger partial charge in [0, 0.05) is 16.6 Å². The molecule has 1 heterocycles. The SMILES string of the molecule is C[C@H](CO)N(CC(=O)N[C@H](CCN(C)C)c1cccc(Cl)c1F)C(=O)Cn1nc(C(N)=O)c2cc(N)ccc21. The van der Waals surface area contributed by atoms with E-state index in [-0.39, 0.29) is 22.8 Å². The number of benzene rings is 2. The van der Waals surface area contributed by atoms with Gasteiger partial charge in [-0.2, -0.15) is 5.10 Å². The fraction of sp³-hybridized carbons (Fsp3) is 0.385. The topological polar surface area (TPSA) is 160 Å². The zero-order valence-electron chi connectivity index (χ0n) is 22.0. The van der Waals surface area contributed by atoms with E-state index in [1.165, 1.54) is 21.7 Å². The van der Waals surface area contributed by atoms with Crippen molar-refractivity contribution in [2.24, 2.45) is 5.73 Å². The maximum absolute atomic E-state index is 14.8. The molecule has 0 bridgehead atoms. The highest BCUT2D eigenvalue weighted by Gasteiger charge is 2.27. The number of carbonyl (C=O) groups excluding carboxylic acids is 3. The van der Waals surface area contributed by atoms with Gasteiger partial charge in [0.25, 0.3) is 5.91 Å². The molecule has 0 fully saturated rings. The summed E-state index contributed by atoms with van der Waals surface area (Å²) >= 11 is 5.97. The lowest BCUT2D eigenvalue weighted by atomic mass is 10.0. The molecule has 1 aromatic heterocycles. The average molecular weight is 562 g/mol. The van der Waals surface area contributed by atoms with Crippen molar-refractivity contribution in [2.75, 3.05) is 39.5 Å². The highest BCUT2D eigenvalue weighted by Crippen LogP contribution is 2.26. The van der Waals surface area contributed by atoms with Crippen LogP contribution in [0.2, 0.25) is 5.02 Å². The summed E-state index contributed by atoms with van der Waals surface area (Å²) in [6.45, 7) is 0.983. The van der Waals surface area contributed by atoms with Crippen molar-refractivity contribution in [1.29, 1.82) is 0 Å². The minimum atomic E-state index is -0.784. The van der Waals surface area contributed by atoms with Crippen LogP contribution in [0.15, 0.2) is 36.4 Å². The van der Waals surface area contributed by atoms with Gasteiger partial charge in [-0.25, -0.2) is 4.39 Å². The third-order valence-corrected chi connectivity index (χ3v) is 6.57. The van der Waals surface area contributed by atoms with Crippen molar-refractivity contribution in [3.05, 3.63) is 58.5 Å². The van der Waals surface area contributed by atoms with Crippen LogP contribution in [0.5, 0.6) is 0 Å². The molecule has 210 valence electrons. The number of amides is 3. The summed E-state index contributed by atoms with van der Waals surface area (Å²) in [6.07, 6.45) is 0.387. The number of anilines is 1. The van der Waals surface area contributed by atoms with Gasteiger partial charge < -0.3 is 31.7 Å². The third kappa shape index (κ3) is 7.22. The number of fused-ring (bicyclic) bond motifs is 1. The molecule has 0 spiro atoms. The maximum atomic E-state index is 14.8. The summed E-state index contributed by atoms with van der Waals surface area (Å²) in [4.78, 5) is 41.5. The number of nitrogens with two attached hydrogens (primary N) is 2. The second kappa shape index (κ2) is 12.9. The lowest BCUT2D eigenvalue weighted by Gasteiger charge is -2.29. The number of hydrogen-bond donors (Lipinski definition) is 4. The first-order valence-electron chi connectivity index (χ1n) is 12.3. The van der Waals surface area contributed by atoms with Crippen LogP contribution in [0.3, 0.4) is 0 Å². The average Bonchev–Trinajstić information content (AvgIpc) is 3.23. The second-order valence-electron chi connectivity index (χ2n) is 9.56. The molecule has 0 unspecified atom stereocenters. The molecule has 0 saturated carbocycles. The largest absolute Gasteiger partial charge is 0.399 e. The Kier molecular flexibility index (Phi) is 9.84. The molecule has 0 aliphatic rings. The van der Waals surface area contributed by atoms with Gasteiger partial charge in [0.15, 0.2) is 5.69 Å². The molecule has 0 aliphatic heterocycles. The van der Waals surface area contributed by atoms with E-state index in [0.717, 1.165) is 0 Å². The summed E-state index contributed by atoms with van der Waals surface area (Å²) in [7, 11) is 3.71. The van der Waals surface area contributed by atoms with E-state index in [9.17, 15) is 23.9 Å². The fourth-order valence-corrected chi connectivity index (χ4v) is 4.37. The Hall–Kier alpha value is -3.74. The molecule has 13 heteroatoms. The monoisotopic (exact) mass is 561 g/mol. The van der Waals surface area contributed by atoms with Gasteiger partial charge in [0.2, 0.25) is 11.8 Å². The van der Waals surface area contributed by atoms with E-state index >= 15 is 0 Å². The predicted octanol–water partition coefficient (Wildman–Crippen LogP) is 1.53. The molecule has 11 nitrogen and oxygen atoms in total. The van der Waals surface area contributed by atoms with Crippen molar-refractivity contribution >= 4 is 45.9 Å². The first-order chi connectivity index (χ1) is 18.4. The Morgan fingerprint density at radius 2 is 1.95 bits per heavy atom. The van der Waals surface area contributed by atoms with Gasteiger partial charge in [-0.1, -0.05) is 23.7 Å². The highest BCUT2D eigenvalue weighted by molar-refractivity contribution is 6.30. The Balaban J connectivity index is 1.84. The summed E-state index contributed by atoms with van der Waals surface area (Å²) in [5.41, 5.74) is 12.3. The number of halogens is 2. The van der Waals surface area contributed by atoms with Crippen LogP contribution in [0.25, 0.3) is 10.9 Å². The van der Waals surface area contributed by atoms with E-state index in [1.807, 2.05) is 19.0 Å². The van der Waals surface area contributed by atoms with Gasteiger partial charge in [-0.05, 0) is 58.3 Å². The zero-order valence-corrected chi connectivity index (χ0v) is 22.8. The van der Waals surface area contributed by atoms with Gasteiger partial charge in [0.1, 0.15) is 12.4 Å². The third-order valence-electron chi connectivity index (χ3n) is 6.28. The maximum Gasteiger partial charge on any atom is 0.269 e. The molecular formula is C26H33ClFN7O4. The van der Waals surface area contributed by atoms with Crippen LogP contribution in [0.4, 0.5) is 10.1 Å². The van der Waals surface area contributed by atoms with Gasteiger partial charge in [-0.3, -0.25) is 19.1 Å². The van der Waals surface area contributed by atoms with E-state index < -0.39 is 48.8 Å². The Labute approximate surface area is 230 Å². The van der Waals surface area contributed by atoms with Gasteiger partial charge in [0.05, 0.1) is 35.8 Å². The van der Waals surface area contributed by atoms with Crippen molar-refractivity contribution in [3.8, 4) is 0 Å². The number of nitrogens with one attached hydrogen (secondary N) is 1. The Bertz CT molecular complexity index is 1360. The van der Waals surface area contributed by atoms with Crippen LogP contribution in [-0.2, 0) is 16.1 Å². The van der Waals surface area contributed by atoms with Gasteiger partial charge >= 0.3 is 0 Å². The molecule has 0 radical (unpaired) electrons. The van der Waals surface area contributed by atoms with Crippen LogP contribution >= 0.6 is 11.6 Å².